The number of nitrogens with zero attached hydrogens (tertiary/aromatic N) is 1. The summed E-state index contributed by atoms with van der Waals surface area (Å²) in [6.07, 6.45) is 1.82. The predicted molar refractivity (Wildman–Crippen MR) is 95.1 cm³/mol. The molecular weight excluding hydrogens is 342 g/mol. The molecule has 0 radical (unpaired) electrons. The average Bonchev–Trinajstić information content (AvgIpc) is 3.30. The molecule has 0 fully saturated rings. The van der Waals surface area contributed by atoms with E-state index in [1.54, 1.807) is 22.7 Å². The summed E-state index contributed by atoms with van der Waals surface area (Å²) in [6.45, 7) is 0.394. The van der Waals surface area contributed by atoms with E-state index in [9.17, 15) is 4.79 Å². The first-order valence-corrected chi connectivity index (χ1v) is 9.18. The normalized spacial score (nSPS) is 12.9. The van der Waals surface area contributed by atoms with E-state index in [0.717, 1.165) is 27.6 Å². The second-order valence-corrected chi connectivity index (χ2v) is 6.87. The van der Waals surface area contributed by atoms with Gasteiger partial charge in [0.2, 0.25) is 0 Å². The number of hydrogen-bond donors (Lipinski definition) is 0. The fraction of sp³-hybridized carbons (Fsp3) is 0.111. The van der Waals surface area contributed by atoms with E-state index < -0.39 is 0 Å². The molecule has 24 heavy (non-hydrogen) atoms. The van der Waals surface area contributed by atoms with E-state index in [2.05, 4.69) is 10.4 Å². The summed E-state index contributed by atoms with van der Waals surface area (Å²) in [5.74, 6) is 0.420. The van der Waals surface area contributed by atoms with E-state index in [-0.39, 0.29) is 19.2 Å². The van der Waals surface area contributed by atoms with E-state index in [1.807, 2.05) is 47.2 Å². The van der Waals surface area contributed by atoms with Crippen molar-refractivity contribution < 1.29 is 14.3 Å². The number of thiophene rings is 1. The summed E-state index contributed by atoms with van der Waals surface area (Å²) in [5, 5.41) is 6.93. The zero-order valence-corrected chi connectivity index (χ0v) is 14.2. The van der Waals surface area contributed by atoms with Crippen LogP contribution < -0.4 is 4.74 Å². The van der Waals surface area contributed by atoms with Crippen molar-refractivity contribution in [2.45, 2.75) is 6.61 Å². The molecule has 3 heterocycles. The lowest BCUT2D eigenvalue weighted by Gasteiger charge is -2.16. The largest absolute Gasteiger partial charge is 0.488 e. The van der Waals surface area contributed by atoms with Crippen LogP contribution in [0, 0.1) is 0 Å². The topological polar surface area (TPSA) is 48.4 Å². The molecule has 0 unspecified atom stereocenters. The highest BCUT2D eigenvalue weighted by atomic mass is 32.1. The molecule has 1 aliphatic heterocycles. The van der Waals surface area contributed by atoms with Gasteiger partial charge in [0.1, 0.15) is 24.0 Å². The van der Waals surface area contributed by atoms with Gasteiger partial charge < -0.3 is 9.47 Å². The lowest BCUT2D eigenvalue weighted by molar-refractivity contribution is -0.140. The number of para-hydroxylation sites is 1. The number of fused-ring (bicyclic) bond motifs is 1. The fourth-order valence-electron chi connectivity index (χ4n) is 2.36. The van der Waals surface area contributed by atoms with Crippen LogP contribution in [0.5, 0.6) is 5.75 Å². The van der Waals surface area contributed by atoms with Crippen LogP contribution in [0.4, 0.5) is 0 Å². The summed E-state index contributed by atoms with van der Waals surface area (Å²) >= 11 is 3.19. The third-order valence-electron chi connectivity index (χ3n) is 3.57. The second-order valence-electron chi connectivity index (χ2n) is 5.23. The van der Waals surface area contributed by atoms with Crippen LogP contribution in [0.25, 0.3) is 16.6 Å². The Morgan fingerprint density at radius 2 is 2.17 bits per heavy atom. The van der Waals surface area contributed by atoms with Crippen molar-refractivity contribution in [1.29, 1.82) is 0 Å². The van der Waals surface area contributed by atoms with Crippen LogP contribution in [-0.2, 0) is 16.1 Å². The van der Waals surface area contributed by atoms with Gasteiger partial charge in [0.05, 0.1) is 11.3 Å². The average molecular weight is 355 g/mol. The van der Waals surface area contributed by atoms with Crippen molar-refractivity contribution >= 4 is 34.7 Å². The standard InChI is InChI=1S/C18H13NO3S2/c20-18(14-7-12-3-1-2-4-16(12)21-8-14)22-9-15-11-24-17(19-15)13-5-6-23-10-13/h1-7,10-11H,8-9H2. The molecule has 0 aliphatic carbocycles. The lowest BCUT2D eigenvalue weighted by atomic mass is 10.1. The monoisotopic (exact) mass is 355 g/mol. The van der Waals surface area contributed by atoms with E-state index >= 15 is 0 Å². The lowest BCUT2D eigenvalue weighted by Crippen LogP contribution is -2.17. The number of benzene rings is 1. The summed E-state index contributed by atoms with van der Waals surface area (Å²) in [7, 11) is 0. The summed E-state index contributed by atoms with van der Waals surface area (Å²) < 4.78 is 11.0. The Morgan fingerprint density at radius 1 is 1.25 bits per heavy atom. The van der Waals surface area contributed by atoms with Crippen molar-refractivity contribution in [1.82, 2.24) is 4.98 Å². The zero-order valence-electron chi connectivity index (χ0n) is 12.6. The van der Waals surface area contributed by atoms with Crippen molar-refractivity contribution in [3.8, 4) is 16.3 Å². The van der Waals surface area contributed by atoms with Crippen LogP contribution in [-0.4, -0.2) is 17.6 Å². The van der Waals surface area contributed by atoms with E-state index in [1.165, 1.54) is 0 Å². The first kappa shape index (κ1) is 15.1. The molecular formula is C18H13NO3S2. The number of ether oxygens (including phenoxy) is 2. The van der Waals surface area contributed by atoms with Crippen molar-refractivity contribution in [2.75, 3.05) is 6.61 Å². The molecule has 0 saturated heterocycles. The number of rotatable bonds is 4. The second kappa shape index (κ2) is 6.59. The highest BCUT2D eigenvalue weighted by molar-refractivity contribution is 7.14. The van der Waals surface area contributed by atoms with Gasteiger partial charge >= 0.3 is 5.97 Å². The Hall–Kier alpha value is -2.44. The Kier molecular flexibility index (Phi) is 4.15. The van der Waals surface area contributed by atoms with Crippen LogP contribution in [0.3, 0.4) is 0 Å². The molecule has 0 bridgehead atoms. The minimum absolute atomic E-state index is 0.165. The van der Waals surface area contributed by atoms with Gasteiger partial charge in [-0.05, 0) is 23.6 Å². The maximum atomic E-state index is 12.2. The smallest absolute Gasteiger partial charge is 0.337 e. The zero-order chi connectivity index (χ0) is 16.4. The molecule has 0 saturated carbocycles. The number of aromatic nitrogens is 1. The number of thiazole rings is 1. The van der Waals surface area contributed by atoms with Gasteiger partial charge in [-0.25, -0.2) is 9.78 Å². The minimum Gasteiger partial charge on any atom is -0.488 e. The quantitative estimate of drug-likeness (QED) is 0.651. The number of carbonyl (C=O) groups excluding carboxylic acids is 1. The number of hydrogen-bond acceptors (Lipinski definition) is 6. The van der Waals surface area contributed by atoms with Gasteiger partial charge in [0.25, 0.3) is 0 Å². The van der Waals surface area contributed by atoms with Crippen LogP contribution in [0.15, 0.2) is 52.0 Å². The highest BCUT2D eigenvalue weighted by Gasteiger charge is 2.18. The Balaban J connectivity index is 1.42. The molecule has 1 aromatic carbocycles. The van der Waals surface area contributed by atoms with Crippen molar-refractivity contribution in [3.63, 3.8) is 0 Å². The molecule has 120 valence electrons. The van der Waals surface area contributed by atoms with Crippen LogP contribution in [0.1, 0.15) is 11.3 Å². The Morgan fingerprint density at radius 3 is 3.04 bits per heavy atom. The van der Waals surface area contributed by atoms with Crippen LogP contribution in [0.2, 0.25) is 0 Å². The first-order chi connectivity index (χ1) is 11.8. The van der Waals surface area contributed by atoms with Crippen molar-refractivity contribution in [2.24, 2.45) is 0 Å². The minimum atomic E-state index is -0.366. The van der Waals surface area contributed by atoms with E-state index in [4.69, 9.17) is 9.47 Å². The van der Waals surface area contributed by atoms with Gasteiger partial charge in [-0.1, -0.05) is 18.2 Å². The maximum Gasteiger partial charge on any atom is 0.337 e. The summed E-state index contributed by atoms with van der Waals surface area (Å²) in [5.41, 5.74) is 3.26. The maximum absolute atomic E-state index is 12.2. The predicted octanol–water partition coefficient (Wildman–Crippen LogP) is 4.39. The van der Waals surface area contributed by atoms with Gasteiger partial charge in [0.15, 0.2) is 0 Å². The molecule has 6 heteroatoms. The van der Waals surface area contributed by atoms with Gasteiger partial charge in [-0.3, -0.25) is 0 Å². The molecule has 0 N–H and O–H groups in total. The highest BCUT2D eigenvalue weighted by Crippen LogP contribution is 2.27. The number of esters is 1. The molecule has 0 atom stereocenters. The van der Waals surface area contributed by atoms with Crippen molar-refractivity contribution in [3.05, 3.63) is 63.3 Å². The molecule has 2 aromatic heterocycles. The summed E-state index contributed by atoms with van der Waals surface area (Å²) in [4.78, 5) is 16.7. The number of carbonyl (C=O) groups is 1. The molecule has 0 spiro atoms. The van der Waals surface area contributed by atoms with Crippen LogP contribution >= 0.6 is 22.7 Å². The SMILES string of the molecule is O=C(OCc1csc(-c2ccsc2)n1)C1=Cc2ccccc2OC1. The third-order valence-corrected chi connectivity index (χ3v) is 5.19. The Labute approximate surface area is 147 Å². The molecule has 0 amide bonds. The van der Waals surface area contributed by atoms with E-state index in [0.29, 0.717) is 5.57 Å². The molecule has 4 rings (SSSR count). The van der Waals surface area contributed by atoms with Gasteiger partial charge in [-0.15, -0.1) is 11.3 Å². The first-order valence-electron chi connectivity index (χ1n) is 7.36. The molecule has 3 aromatic rings. The molecule has 1 aliphatic rings. The summed E-state index contributed by atoms with van der Waals surface area (Å²) in [6, 6.07) is 9.64. The third kappa shape index (κ3) is 3.11. The van der Waals surface area contributed by atoms with Gasteiger partial charge in [0, 0.05) is 21.9 Å². The molecule has 4 nitrogen and oxygen atoms in total. The fourth-order valence-corrected chi connectivity index (χ4v) is 3.87. The Bertz CT molecular complexity index is 897. The van der Waals surface area contributed by atoms with Gasteiger partial charge in [-0.2, -0.15) is 11.3 Å².